The lowest BCUT2D eigenvalue weighted by atomic mass is 10.1. The minimum atomic E-state index is -0.766. The highest BCUT2D eigenvalue weighted by molar-refractivity contribution is 5.81. The smallest absolute Gasteiger partial charge is 0.261 e. The van der Waals surface area contributed by atoms with Crippen LogP contribution in [0, 0.1) is 5.82 Å². The van der Waals surface area contributed by atoms with E-state index in [0.717, 1.165) is 0 Å². The molecule has 0 aliphatic heterocycles. The quantitative estimate of drug-likeness (QED) is 0.877. The standard InChI is InChI=1S/C14H21FN2O2/c1-9(13(18)17-14(2,3)4)19-12-6-5-10(8-16)7-11(12)15/h5-7,9H,8,16H2,1-4H3,(H,17,18). The monoisotopic (exact) mass is 268 g/mol. The van der Waals surface area contributed by atoms with Crippen LogP contribution in [0.25, 0.3) is 0 Å². The van der Waals surface area contributed by atoms with E-state index >= 15 is 0 Å². The van der Waals surface area contributed by atoms with Gasteiger partial charge in [0.15, 0.2) is 17.7 Å². The first-order valence-corrected chi connectivity index (χ1v) is 6.20. The number of nitrogens with one attached hydrogen (secondary N) is 1. The second kappa shape index (κ2) is 6.02. The Labute approximate surface area is 113 Å². The summed E-state index contributed by atoms with van der Waals surface area (Å²) >= 11 is 0. The summed E-state index contributed by atoms with van der Waals surface area (Å²) in [5.41, 5.74) is 5.74. The molecular weight excluding hydrogens is 247 g/mol. The van der Waals surface area contributed by atoms with Gasteiger partial charge in [-0.2, -0.15) is 0 Å². The minimum absolute atomic E-state index is 0.0498. The van der Waals surface area contributed by atoms with Crippen LogP contribution in [0.2, 0.25) is 0 Å². The Kier molecular flexibility index (Phi) is 4.89. The Morgan fingerprint density at radius 1 is 1.47 bits per heavy atom. The van der Waals surface area contributed by atoms with E-state index in [9.17, 15) is 9.18 Å². The fourth-order valence-corrected chi connectivity index (χ4v) is 1.48. The van der Waals surface area contributed by atoms with Crippen LogP contribution in [0.4, 0.5) is 4.39 Å². The van der Waals surface area contributed by atoms with Gasteiger partial charge in [-0.25, -0.2) is 4.39 Å². The molecule has 0 aliphatic rings. The van der Waals surface area contributed by atoms with Crippen LogP contribution < -0.4 is 15.8 Å². The van der Waals surface area contributed by atoms with Crippen molar-refractivity contribution in [2.75, 3.05) is 0 Å². The molecule has 1 aromatic rings. The van der Waals surface area contributed by atoms with Gasteiger partial charge < -0.3 is 15.8 Å². The predicted octanol–water partition coefficient (Wildman–Crippen LogP) is 1.97. The molecule has 0 heterocycles. The van der Waals surface area contributed by atoms with E-state index in [-0.39, 0.29) is 23.7 Å². The Morgan fingerprint density at radius 3 is 2.58 bits per heavy atom. The van der Waals surface area contributed by atoms with Gasteiger partial charge in [0.05, 0.1) is 0 Å². The van der Waals surface area contributed by atoms with Gasteiger partial charge in [0.1, 0.15) is 0 Å². The lowest BCUT2D eigenvalue weighted by Crippen LogP contribution is -2.46. The molecule has 3 N–H and O–H groups in total. The molecule has 0 fully saturated rings. The van der Waals surface area contributed by atoms with Gasteiger partial charge in [0, 0.05) is 12.1 Å². The number of hydrogen-bond donors (Lipinski definition) is 2. The van der Waals surface area contributed by atoms with Gasteiger partial charge in [-0.05, 0) is 45.4 Å². The molecular formula is C14H21FN2O2. The molecule has 0 bridgehead atoms. The molecule has 1 rings (SSSR count). The van der Waals surface area contributed by atoms with Gasteiger partial charge in [-0.15, -0.1) is 0 Å². The zero-order chi connectivity index (χ0) is 14.6. The van der Waals surface area contributed by atoms with Crippen LogP contribution >= 0.6 is 0 Å². The second-order valence-corrected chi connectivity index (χ2v) is 5.47. The van der Waals surface area contributed by atoms with E-state index in [1.165, 1.54) is 12.1 Å². The first kappa shape index (κ1) is 15.4. The van der Waals surface area contributed by atoms with Crippen molar-refractivity contribution < 1.29 is 13.9 Å². The average molecular weight is 268 g/mol. The van der Waals surface area contributed by atoms with Crippen molar-refractivity contribution in [1.29, 1.82) is 0 Å². The highest BCUT2D eigenvalue weighted by Crippen LogP contribution is 2.19. The van der Waals surface area contributed by atoms with Gasteiger partial charge >= 0.3 is 0 Å². The van der Waals surface area contributed by atoms with Crippen LogP contribution in [0.15, 0.2) is 18.2 Å². The molecule has 19 heavy (non-hydrogen) atoms. The predicted molar refractivity (Wildman–Crippen MR) is 72.3 cm³/mol. The van der Waals surface area contributed by atoms with Crippen molar-refractivity contribution in [2.24, 2.45) is 5.73 Å². The molecule has 106 valence electrons. The van der Waals surface area contributed by atoms with Crippen molar-refractivity contribution in [3.05, 3.63) is 29.6 Å². The summed E-state index contributed by atoms with van der Waals surface area (Å²) in [5.74, 6) is -0.748. The van der Waals surface area contributed by atoms with E-state index in [1.807, 2.05) is 20.8 Å². The molecule has 0 saturated heterocycles. The minimum Gasteiger partial charge on any atom is -0.478 e. The molecule has 1 atom stereocenters. The lowest BCUT2D eigenvalue weighted by Gasteiger charge is -2.23. The van der Waals surface area contributed by atoms with Crippen LogP contribution in [0.3, 0.4) is 0 Å². The SMILES string of the molecule is CC(Oc1ccc(CN)cc1F)C(=O)NC(C)(C)C. The highest BCUT2D eigenvalue weighted by atomic mass is 19.1. The molecule has 1 aromatic carbocycles. The largest absolute Gasteiger partial charge is 0.478 e. The van der Waals surface area contributed by atoms with Crippen molar-refractivity contribution >= 4 is 5.91 Å². The van der Waals surface area contributed by atoms with Crippen molar-refractivity contribution in [2.45, 2.75) is 45.9 Å². The van der Waals surface area contributed by atoms with Gasteiger partial charge in [0.2, 0.25) is 0 Å². The molecule has 0 radical (unpaired) electrons. The Morgan fingerprint density at radius 2 is 2.11 bits per heavy atom. The Balaban J connectivity index is 2.71. The summed E-state index contributed by atoms with van der Waals surface area (Å²) in [4.78, 5) is 11.8. The fraction of sp³-hybridized carbons (Fsp3) is 0.500. The molecule has 5 heteroatoms. The number of nitrogens with two attached hydrogens (primary N) is 1. The van der Waals surface area contributed by atoms with Crippen LogP contribution in [0.1, 0.15) is 33.3 Å². The maximum absolute atomic E-state index is 13.7. The third-order valence-corrected chi connectivity index (χ3v) is 2.40. The molecule has 4 nitrogen and oxygen atoms in total. The number of ether oxygens (including phenoxy) is 1. The van der Waals surface area contributed by atoms with E-state index in [1.54, 1.807) is 13.0 Å². The molecule has 0 aromatic heterocycles. The Bertz CT molecular complexity index is 455. The van der Waals surface area contributed by atoms with Crippen LogP contribution in [0.5, 0.6) is 5.75 Å². The molecule has 0 saturated carbocycles. The van der Waals surface area contributed by atoms with Crippen molar-refractivity contribution in [3.8, 4) is 5.75 Å². The summed E-state index contributed by atoms with van der Waals surface area (Å²) in [6, 6.07) is 4.47. The maximum atomic E-state index is 13.7. The number of carbonyl (C=O) groups is 1. The highest BCUT2D eigenvalue weighted by Gasteiger charge is 2.21. The van der Waals surface area contributed by atoms with Gasteiger partial charge in [0.25, 0.3) is 5.91 Å². The van der Waals surface area contributed by atoms with E-state index in [4.69, 9.17) is 10.5 Å². The van der Waals surface area contributed by atoms with Crippen LogP contribution in [-0.2, 0) is 11.3 Å². The number of rotatable bonds is 4. The normalized spacial score (nSPS) is 12.9. The number of carbonyl (C=O) groups excluding carboxylic acids is 1. The van der Waals surface area contributed by atoms with E-state index < -0.39 is 11.9 Å². The summed E-state index contributed by atoms with van der Waals surface area (Å²) in [6.07, 6.45) is -0.766. The second-order valence-electron chi connectivity index (χ2n) is 5.47. The third-order valence-electron chi connectivity index (χ3n) is 2.40. The Hall–Kier alpha value is -1.62. The zero-order valence-electron chi connectivity index (χ0n) is 11.8. The van der Waals surface area contributed by atoms with Crippen molar-refractivity contribution in [3.63, 3.8) is 0 Å². The maximum Gasteiger partial charge on any atom is 0.261 e. The molecule has 1 amide bonds. The zero-order valence-corrected chi connectivity index (χ0v) is 11.8. The number of halogens is 1. The third kappa shape index (κ3) is 4.87. The summed E-state index contributed by atoms with van der Waals surface area (Å²) < 4.78 is 19.0. The lowest BCUT2D eigenvalue weighted by molar-refractivity contribution is -0.128. The number of amides is 1. The van der Waals surface area contributed by atoms with Gasteiger partial charge in [-0.1, -0.05) is 6.07 Å². The van der Waals surface area contributed by atoms with Gasteiger partial charge in [-0.3, -0.25) is 4.79 Å². The summed E-state index contributed by atoms with van der Waals surface area (Å²) in [5, 5.41) is 2.77. The summed E-state index contributed by atoms with van der Waals surface area (Å²) in [6.45, 7) is 7.45. The first-order valence-electron chi connectivity index (χ1n) is 6.20. The van der Waals surface area contributed by atoms with Crippen molar-refractivity contribution in [1.82, 2.24) is 5.32 Å². The number of benzene rings is 1. The van der Waals surface area contributed by atoms with E-state index in [2.05, 4.69) is 5.32 Å². The van der Waals surface area contributed by atoms with E-state index in [0.29, 0.717) is 5.56 Å². The first-order chi connectivity index (χ1) is 8.73. The average Bonchev–Trinajstić information content (AvgIpc) is 2.29. The fourth-order valence-electron chi connectivity index (χ4n) is 1.48. The molecule has 1 unspecified atom stereocenters. The topological polar surface area (TPSA) is 64.3 Å². The molecule has 0 aliphatic carbocycles. The summed E-state index contributed by atoms with van der Waals surface area (Å²) in [7, 11) is 0. The number of hydrogen-bond acceptors (Lipinski definition) is 3. The van der Waals surface area contributed by atoms with Crippen LogP contribution in [-0.4, -0.2) is 17.6 Å². The molecule has 0 spiro atoms.